The topological polar surface area (TPSA) is 102 Å². The van der Waals surface area contributed by atoms with Crippen LogP contribution in [0.1, 0.15) is 32.6 Å². The van der Waals surface area contributed by atoms with Gasteiger partial charge in [-0.15, -0.1) is 12.4 Å². The molecule has 2 heterocycles. The minimum absolute atomic E-state index is 0. The van der Waals surface area contributed by atoms with Crippen molar-refractivity contribution in [3.63, 3.8) is 0 Å². The number of morpholine rings is 1. The molecular weight excluding hydrogens is 358 g/mol. The number of nitrogens with two attached hydrogens (primary N) is 1. The van der Waals surface area contributed by atoms with E-state index in [4.69, 9.17) is 10.5 Å². The Morgan fingerprint density at radius 3 is 2.81 bits per heavy atom. The van der Waals surface area contributed by atoms with E-state index in [9.17, 15) is 9.59 Å². The van der Waals surface area contributed by atoms with Gasteiger partial charge in [-0.25, -0.2) is 0 Å². The van der Waals surface area contributed by atoms with Gasteiger partial charge in [0.25, 0.3) is 0 Å². The van der Waals surface area contributed by atoms with Gasteiger partial charge in [-0.05, 0) is 19.8 Å². The summed E-state index contributed by atoms with van der Waals surface area (Å²) in [5.41, 5.74) is 6.42. The van der Waals surface area contributed by atoms with Gasteiger partial charge in [0.2, 0.25) is 11.8 Å². The molecule has 0 aromatic carbocycles. The molecule has 1 aliphatic carbocycles. The zero-order chi connectivity index (χ0) is 17.9. The second-order valence-electron chi connectivity index (χ2n) is 7.21. The third-order valence-electron chi connectivity index (χ3n) is 5.13. The van der Waals surface area contributed by atoms with E-state index in [0.717, 1.165) is 25.7 Å². The van der Waals surface area contributed by atoms with E-state index in [1.165, 1.54) is 0 Å². The summed E-state index contributed by atoms with van der Waals surface area (Å²) < 4.78 is 6.80. The SMILES string of the molecule is CC1(N)CCCCC1C(=O)Nc1cnn(CC(=O)N2CCOCC2)c1.Cl. The van der Waals surface area contributed by atoms with E-state index in [-0.39, 0.29) is 36.7 Å². The van der Waals surface area contributed by atoms with Gasteiger partial charge in [0, 0.05) is 24.8 Å². The van der Waals surface area contributed by atoms with E-state index in [2.05, 4.69) is 10.4 Å². The summed E-state index contributed by atoms with van der Waals surface area (Å²) in [6.07, 6.45) is 7.02. The van der Waals surface area contributed by atoms with Gasteiger partial charge in [0.05, 0.1) is 31.0 Å². The molecule has 1 aromatic rings. The van der Waals surface area contributed by atoms with Crippen molar-refractivity contribution in [3.8, 4) is 0 Å². The number of carbonyl (C=O) groups is 2. The van der Waals surface area contributed by atoms with Crippen LogP contribution in [0.5, 0.6) is 0 Å². The largest absolute Gasteiger partial charge is 0.378 e. The Morgan fingerprint density at radius 2 is 2.12 bits per heavy atom. The lowest BCUT2D eigenvalue weighted by Crippen LogP contribution is -2.51. The molecule has 146 valence electrons. The maximum absolute atomic E-state index is 12.5. The molecule has 0 radical (unpaired) electrons. The van der Waals surface area contributed by atoms with Crippen LogP contribution in [-0.2, 0) is 20.9 Å². The first kappa shape index (κ1) is 20.7. The highest BCUT2D eigenvalue weighted by Gasteiger charge is 2.37. The molecule has 2 amide bonds. The van der Waals surface area contributed by atoms with Crippen molar-refractivity contribution in [2.45, 2.75) is 44.7 Å². The molecule has 1 aromatic heterocycles. The maximum atomic E-state index is 12.5. The van der Waals surface area contributed by atoms with E-state index in [0.29, 0.717) is 32.0 Å². The molecule has 0 bridgehead atoms. The molecule has 1 saturated heterocycles. The zero-order valence-electron chi connectivity index (χ0n) is 15.1. The van der Waals surface area contributed by atoms with Crippen LogP contribution in [0.15, 0.2) is 12.4 Å². The molecule has 1 aliphatic heterocycles. The summed E-state index contributed by atoms with van der Waals surface area (Å²) in [7, 11) is 0. The third kappa shape index (κ3) is 4.96. The molecule has 0 spiro atoms. The molecule has 9 heteroatoms. The average molecular weight is 386 g/mol. The number of rotatable bonds is 4. The van der Waals surface area contributed by atoms with Gasteiger partial charge in [-0.2, -0.15) is 5.10 Å². The Hall–Kier alpha value is -1.64. The summed E-state index contributed by atoms with van der Waals surface area (Å²) in [6.45, 7) is 4.48. The van der Waals surface area contributed by atoms with Crippen molar-refractivity contribution in [1.82, 2.24) is 14.7 Å². The van der Waals surface area contributed by atoms with Crippen molar-refractivity contribution in [1.29, 1.82) is 0 Å². The Labute approximate surface area is 159 Å². The molecule has 2 aliphatic rings. The van der Waals surface area contributed by atoms with Crippen LogP contribution in [0.3, 0.4) is 0 Å². The average Bonchev–Trinajstić information content (AvgIpc) is 3.02. The fourth-order valence-corrected chi connectivity index (χ4v) is 3.58. The van der Waals surface area contributed by atoms with Crippen LogP contribution in [0.2, 0.25) is 0 Å². The van der Waals surface area contributed by atoms with E-state index < -0.39 is 5.54 Å². The van der Waals surface area contributed by atoms with E-state index in [1.807, 2.05) is 6.92 Å². The number of nitrogens with zero attached hydrogens (tertiary/aromatic N) is 3. The van der Waals surface area contributed by atoms with Gasteiger partial charge in [-0.1, -0.05) is 12.8 Å². The normalized spacial score (nSPS) is 26.1. The van der Waals surface area contributed by atoms with Gasteiger partial charge < -0.3 is 20.7 Å². The summed E-state index contributed by atoms with van der Waals surface area (Å²) in [6, 6.07) is 0. The number of carbonyl (C=O) groups excluding carboxylic acids is 2. The lowest BCUT2D eigenvalue weighted by Gasteiger charge is -2.37. The summed E-state index contributed by atoms with van der Waals surface area (Å²) in [4.78, 5) is 26.6. The number of anilines is 1. The Morgan fingerprint density at radius 1 is 1.38 bits per heavy atom. The highest BCUT2D eigenvalue weighted by molar-refractivity contribution is 5.93. The molecule has 26 heavy (non-hydrogen) atoms. The second kappa shape index (κ2) is 8.83. The first-order chi connectivity index (χ1) is 12.0. The molecule has 2 unspecified atom stereocenters. The molecule has 2 atom stereocenters. The van der Waals surface area contributed by atoms with Gasteiger partial charge in [0.1, 0.15) is 6.54 Å². The van der Waals surface area contributed by atoms with Crippen molar-refractivity contribution >= 4 is 29.9 Å². The molecular formula is C17H28ClN5O3. The monoisotopic (exact) mass is 385 g/mol. The quantitative estimate of drug-likeness (QED) is 0.805. The first-order valence-corrected chi connectivity index (χ1v) is 8.93. The van der Waals surface area contributed by atoms with Gasteiger partial charge in [-0.3, -0.25) is 14.3 Å². The lowest BCUT2D eigenvalue weighted by molar-refractivity contribution is -0.136. The minimum Gasteiger partial charge on any atom is -0.378 e. The number of amides is 2. The molecule has 1 saturated carbocycles. The van der Waals surface area contributed by atoms with Crippen LogP contribution < -0.4 is 11.1 Å². The second-order valence-corrected chi connectivity index (χ2v) is 7.21. The van der Waals surface area contributed by atoms with E-state index in [1.54, 1.807) is 22.0 Å². The Bertz CT molecular complexity index is 628. The first-order valence-electron chi connectivity index (χ1n) is 8.93. The van der Waals surface area contributed by atoms with Crippen molar-refractivity contribution in [2.24, 2.45) is 11.7 Å². The maximum Gasteiger partial charge on any atom is 0.244 e. The number of nitrogens with one attached hydrogen (secondary N) is 1. The molecule has 3 N–H and O–H groups in total. The number of aromatic nitrogens is 2. The van der Waals surface area contributed by atoms with E-state index >= 15 is 0 Å². The van der Waals surface area contributed by atoms with Crippen molar-refractivity contribution in [2.75, 3.05) is 31.6 Å². The fourth-order valence-electron chi connectivity index (χ4n) is 3.58. The minimum atomic E-state index is -0.468. The van der Waals surface area contributed by atoms with Crippen LogP contribution in [0.4, 0.5) is 5.69 Å². The summed E-state index contributed by atoms with van der Waals surface area (Å²) in [5, 5.41) is 7.07. The number of halogens is 1. The van der Waals surface area contributed by atoms with Crippen LogP contribution in [0, 0.1) is 5.92 Å². The standard InChI is InChI=1S/C17H27N5O3.ClH/c1-17(18)5-3-2-4-14(17)16(24)20-13-10-19-22(11-13)12-15(23)21-6-8-25-9-7-21;/h10-11,14H,2-9,12,18H2,1H3,(H,20,24);1H. The summed E-state index contributed by atoms with van der Waals surface area (Å²) >= 11 is 0. The fraction of sp³-hybridized carbons (Fsp3) is 0.706. The highest BCUT2D eigenvalue weighted by atomic mass is 35.5. The lowest BCUT2D eigenvalue weighted by atomic mass is 9.74. The number of hydrogen-bond acceptors (Lipinski definition) is 5. The molecule has 2 fully saturated rings. The van der Waals surface area contributed by atoms with Crippen LogP contribution >= 0.6 is 12.4 Å². The van der Waals surface area contributed by atoms with Crippen molar-refractivity contribution < 1.29 is 14.3 Å². The zero-order valence-corrected chi connectivity index (χ0v) is 16.0. The van der Waals surface area contributed by atoms with Gasteiger partial charge in [0.15, 0.2) is 0 Å². The number of ether oxygens (including phenoxy) is 1. The predicted octanol–water partition coefficient (Wildman–Crippen LogP) is 1.01. The molecule has 3 rings (SSSR count). The third-order valence-corrected chi connectivity index (χ3v) is 5.13. The number of hydrogen-bond donors (Lipinski definition) is 2. The predicted molar refractivity (Wildman–Crippen MR) is 100 cm³/mol. The Kier molecular flexibility index (Phi) is 7.02. The highest BCUT2D eigenvalue weighted by Crippen LogP contribution is 2.32. The molecule has 8 nitrogen and oxygen atoms in total. The smallest absolute Gasteiger partial charge is 0.244 e. The Balaban J connectivity index is 0.00000243. The van der Waals surface area contributed by atoms with Crippen molar-refractivity contribution in [3.05, 3.63) is 12.4 Å². The van der Waals surface area contributed by atoms with Crippen LogP contribution in [-0.4, -0.2) is 58.3 Å². The van der Waals surface area contributed by atoms with Crippen LogP contribution in [0.25, 0.3) is 0 Å². The van der Waals surface area contributed by atoms with Gasteiger partial charge >= 0.3 is 0 Å². The summed E-state index contributed by atoms with van der Waals surface area (Å²) in [5.74, 6) is -0.255.